The number of carbonyl (C=O) groups is 1. The molecule has 3 rings (SSSR count). The molecule has 2 aromatic rings. The van der Waals surface area contributed by atoms with Gasteiger partial charge in [-0.3, -0.25) is 4.79 Å². The lowest BCUT2D eigenvalue weighted by atomic mass is 9.96. The monoisotopic (exact) mass is 388 g/mol. The Balaban J connectivity index is 1.74. The molecule has 0 bridgehead atoms. The number of sulfonamides is 1. The highest BCUT2D eigenvalue weighted by atomic mass is 32.2. The van der Waals surface area contributed by atoms with Crippen LogP contribution in [0.25, 0.3) is 0 Å². The Morgan fingerprint density at radius 2 is 1.78 bits per heavy atom. The van der Waals surface area contributed by atoms with Crippen molar-refractivity contribution in [3.8, 4) is 5.75 Å². The van der Waals surface area contributed by atoms with Crippen LogP contribution >= 0.6 is 0 Å². The van der Waals surface area contributed by atoms with Crippen molar-refractivity contribution in [2.45, 2.75) is 43.0 Å². The van der Waals surface area contributed by atoms with Gasteiger partial charge in [-0.2, -0.15) is 0 Å². The van der Waals surface area contributed by atoms with Crippen molar-refractivity contribution in [1.82, 2.24) is 4.72 Å². The van der Waals surface area contributed by atoms with E-state index in [0.29, 0.717) is 11.4 Å². The van der Waals surface area contributed by atoms with Crippen LogP contribution in [-0.4, -0.2) is 27.5 Å². The maximum absolute atomic E-state index is 12.7. The molecule has 1 aliphatic carbocycles. The Morgan fingerprint density at radius 1 is 1.04 bits per heavy atom. The number of amides is 1. The molecule has 2 N–H and O–H groups in total. The van der Waals surface area contributed by atoms with Crippen LogP contribution in [0.5, 0.6) is 5.75 Å². The molecule has 1 saturated carbocycles. The first-order chi connectivity index (χ1) is 13.0. The van der Waals surface area contributed by atoms with Crippen LogP contribution in [0, 0.1) is 0 Å². The SMILES string of the molecule is COc1cccc(NC(=O)c2cccc(S(=O)(=O)NC3CCCCC3)c2)c1. The minimum Gasteiger partial charge on any atom is -0.497 e. The zero-order valence-electron chi connectivity index (χ0n) is 15.3. The molecule has 0 spiro atoms. The van der Waals surface area contributed by atoms with Crippen molar-refractivity contribution >= 4 is 21.6 Å². The van der Waals surface area contributed by atoms with Crippen molar-refractivity contribution < 1.29 is 17.9 Å². The maximum atomic E-state index is 12.7. The molecule has 1 aliphatic rings. The largest absolute Gasteiger partial charge is 0.497 e. The number of ether oxygens (including phenoxy) is 1. The summed E-state index contributed by atoms with van der Waals surface area (Å²) in [7, 11) is -2.10. The van der Waals surface area contributed by atoms with E-state index in [9.17, 15) is 13.2 Å². The fourth-order valence-corrected chi connectivity index (χ4v) is 4.57. The van der Waals surface area contributed by atoms with Gasteiger partial charge in [-0.25, -0.2) is 13.1 Å². The third kappa shape index (κ3) is 5.08. The number of rotatable bonds is 6. The van der Waals surface area contributed by atoms with E-state index >= 15 is 0 Å². The molecular weight excluding hydrogens is 364 g/mol. The van der Waals surface area contributed by atoms with Gasteiger partial charge in [-0.15, -0.1) is 0 Å². The molecule has 27 heavy (non-hydrogen) atoms. The molecule has 0 unspecified atom stereocenters. The normalized spacial score (nSPS) is 15.3. The highest BCUT2D eigenvalue weighted by Crippen LogP contribution is 2.21. The molecule has 6 nitrogen and oxygen atoms in total. The first-order valence-electron chi connectivity index (χ1n) is 9.06. The molecule has 0 saturated heterocycles. The fraction of sp³-hybridized carbons (Fsp3) is 0.350. The van der Waals surface area contributed by atoms with Gasteiger partial charge in [0.2, 0.25) is 10.0 Å². The van der Waals surface area contributed by atoms with Gasteiger partial charge in [0.1, 0.15) is 5.75 Å². The Kier molecular flexibility index (Phi) is 6.13. The lowest BCUT2D eigenvalue weighted by Crippen LogP contribution is -2.36. The van der Waals surface area contributed by atoms with Crippen molar-refractivity contribution in [1.29, 1.82) is 0 Å². The van der Waals surface area contributed by atoms with Gasteiger partial charge in [0, 0.05) is 23.4 Å². The number of anilines is 1. The zero-order valence-corrected chi connectivity index (χ0v) is 16.1. The predicted molar refractivity (Wildman–Crippen MR) is 105 cm³/mol. The smallest absolute Gasteiger partial charge is 0.255 e. The lowest BCUT2D eigenvalue weighted by molar-refractivity contribution is 0.102. The third-order valence-electron chi connectivity index (χ3n) is 4.66. The van der Waals surface area contributed by atoms with Gasteiger partial charge in [0.25, 0.3) is 5.91 Å². The highest BCUT2D eigenvalue weighted by molar-refractivity contribution is 7.89. The van der Waals surface area contributed by atoms with Crippen LogP contribution in [0.1, 0.15) is 42.5 Å². The molecular formula is C20H24N2O4S. The van der Waals surface area contributed by atoms with E-state index in [-0.39, 0.29) is 22.4 Å². The minimum atomic E-state index is -3.65. The van der Waals surface area contributed by atoms with Crippen molar-refractivity contribution in [3.63, 3.8) is 0 Å². The molecule has 144 valence electrons. The van der Waals surface area contributed by atoms with E-state index in [2.05, 4.69) is 10.0 Å². The average Bonchev–Trinajstić information content (AvgIpc) is 2.68. The Hall–Kier alpha value is -2.38. The molecule has 2 aromatic carbocycles. The Morgan fingerprint density at radius 3 is 2.52 bits per heavy atom. The molecule has 1 amide bonds. The van der Waals surface area contributed by atoms with Crippen molar-refractivity contribution in [3.05, 3.63) is 54.1 Å². The lowest BCUT2D eigenvalue weighted by Gasteiger charge is -2.22. The van der Waals surface area contributed by atoms with Gasteiger partial charge >= 0.3 is 0 Å². The third-order valence-corrected chi connectivity index (χ3v) is 6.18. The average molecular weight is 388 g/mol. The number of methoxy groups -OCH3 is 1. The number of carbonyl (C=O) groups excluding carboxylic acids is 1. The zero-order chi connectivity index (χ0) is 19.3. The summed E-state index contributed by atoms with van der Waals surface area (Å²) in [5, 5.41) is 2.76. The van der Waals surface area contributed by atoms with E-state index in [1.807, 2.05) is 0 Å². The van der Waals surface area contributed by atoms with Gasteiger partial charge in [0.15, 0.2) is 0 Å². The Labute approximate surface area is 160 Å². The van der Waals surface area contributed by atoms with Gasteiger partial charge in [0.05, 0.1) is 12.0 Å². The van der Waals surface area contributed by atoms with E-state index in [1.165, 1.54) is 12.1 Å². The molecule has 0 atom stereocenters. The summed E-state index contributed by atoms with van der Waals surface area (Å²) in [5.41, 5.74) is 0.859. The summed E-state index contributed by atoms with van der Waals surface area (Å²) in [4.78, 5) is 12.6. The fourth-order valence-electron chi connectivity index (χ4n) is 3.22. The van der Waals surface area contributed by atoms with Gasteiger partial charge in [-0.1, -0.05) is 31.4 Å². The van der Waals surface area contributed by atoms with Crippen molar-refractivity contribution in [2.24, 2.45) is 0 Å². The number of benzene rings is 2. The van der Waals surface area contributed by atoms with Crippen LogP contribution in [-0.2, 0) is 10.0 Å². The van der Waals surface area contributed by atoms with Crippen LogP contribution in [0.3, 0.4) is 0 Å². The standard InChI is InChI=1S/C20H24N2O4S/c1-26-18-11-6-10-17(14-18)21-20(23)15-7-5-12-19(13-15)27(24,25)22-16-8-3-2-4-9-16/h5-7,10-14,16,22H,2-4,8-9H2,1H3,(H,21,23). The second-order valence-corrected chi connectivity index (χ2v) is 8.38. The van der Waals surface area contributed by atoms with Crippen LogP contribution in [0.4, 0.5) is 5.69 Å². The molecule has 7 heteroatoms. The van der Waals surface area contributed by atoms with Crippen molar-refractivity contribution in [2.75, 3.05) is 12.4 Å². The van der Waals surface area contributed by atoms with Crippen LogP contribution < -0.4 is 14.8 Å². The number of hydrogen-bond donors (Lipinski definition) is 2. The first-order valence-corrected chi connectivity index (χ1v) is 10.5. The topological polar surface area (TPSA) is 84.5 Å². The number of hydrogen-bond acceptors (Lipinski definition) is 4. The van der Waals surface area contributed by atoms with Crippen LogP contribution in [0.15, 0.2) is 53.4 Å². The van der Waals surface area contributed by atoms with E-state index in [1.54, 1.807) is 43.5 Å². The number of nitrogens with one attached hydrogen (secondary N) is 2. The maximum Gasteiger partial charge on any atom is 0.255 e. The molecule has 0 aliphatic heterocycles. The Bertz CT molecular complexity index is 906. The summed E-state index contributed by atoms with van der Waals surface area (Å²) in [6.45, 7) is 0. The molecule has 0 aromatic heterocycles. The summed E-state index contributed by atoms with van der Waals surface area (Å²) >= 11 is 0. The van der Waals surface area contributed by atoms with Crippen LogP contribution in [0.2, 0.25) is 0 Å². The van der Waals surface area contributed by atoms with E-state index < -0.39 is 10.0 Å². The van der Waals surface area contributed by atoms with Gasteiger partial charge < -0.3 is 10.1 Å². The summed E-state index contributed by atoms with van der Waals surface area (Å²) in [6.07, 6.45) is 4.94. The molecule has 1 fully saturated rings. The van der Waals surface area contributed by atoms with E-state index in [0.717, 1.165) is 32.1 Å². The summed E-state index contributed by atoms with van der Waals surface area (Å²) in [5.74, 6) is 0.249. The summed E-state index contributed by atoms with van der Waals surface area (Å²) in [6, 6.07) is 13.0. The van der Waals surface area contributed by atoms with Gasteiger partial charge in [-0.05, 0) is 43.2 Å². The minimum absolute atomic E-state index is 0.0296. The molecule has 0 radical (unpaired) electrons. The highest BCUT2D eigenvalue weighted by Gasteiger charge is 2.22. The van der Waals surface area contributed by atoms with E-state index in [4.69, 9.17) is 4.74 Å². The quantitative estimate of drug-likeness (QED) is 0.792. The second-order valence-electron chi connectivity index (χ2n) is 6.67. The molecule has 0 heterocycles. The second kappa shape index (κ2) is 8.54. The first kappa shape index (κ1) is 19.4. The summed E-state index contributed by atoms with van der Waals surface area (Å²) < 4.78 is 33.2. The predicted octanol–water partition coefficient (Wildman–Crippen LogP) is 3.56.